The number of alkyl halides is 3. The number of benzene rings is 1. The molecule has 0 spiro atoms. The van der Waals surface area contributed by atoms with Crippen molar-refractivity contribution in [2.75, 3.05) is 6.54 Å². The SMILES string of the molecule is O=C(CC1CCCCCN1)c1ccccc1C(F)(F)F. The Kier molecular flexibility index (Phi) is 4.81. The Labute approximate surface area is 116 Å². The van der Waals surface area contributed by atoms with Crippen molar-refractivity contribution >= 4 is 5.78 Å². The van der Waals surface area contributed by atoms with Gasteiger partial charge >= 0.3 is 6.18 Å². The lowest BCUT2D eigenvalue weighted by molar-refractivity contribution is -0.137. The number of carbonyl (C=O) groups is 1. The molecule has 20 heavy (non-hydrogen) atoms. The minimum Gasteiger partial charge on any atom is -0.314 e. The third kappa shape index (κ3) is 3.82. The van der Waals surface area contributed by atoms with Gasteiger partial charge in [0.15, 0.2) is 5.78 Å². The van der Waals surface area contributed by atoms with Gasteiger partial charge in [0, 0.05) is 18.0 Å². The molecule has 0 radical (unpaired) electrons. The molecule has 0 aromatic heterocycles. The van der Waals surface area contributed by atoms with E-state index in [1.54, 1.807) is 0 Å². The molecule has 2 rings (SSSR count). The summed E-state index contributed by atoms with van der Waals surface area (Å²) < 4.78 is 38.7. The molecule has 2 nitrogen and oxygen atoms in total. The van der Waals surface area contributed by atoms with E-state index in [0.29, 0.717) is 0 Å². The molecular weight excluding hydrogens is 267 g/mol. The topological polar surface area (TPSA) is 29.1 Å². The maximum Gasteiger partial charge on any atom is 0.417 e. The zero-order valence-corrected chi connectivity index (χ0v) is 11.2. The lowest BCUT2D eigenvalue weighted by atomic mass is 9.96. The van der Waals surface area contributed by atoms with Crippen molar-refractivity contribution in [3.63, 3.8) is 0 Å². The van der Waals surface area contributed by atoms with Crippen LogP contribution in [0.2, 0.25) is 0 Å². The number of nitrogens with one attached hydrogen (secondary N) is 1. The van der Waals surface area contributed by atoms with Crippen LogP contribution in [-0.2, 0) is 6.18 Å². The van der Waals surface area contributed by atoms with Crippen LogP contribution in [0.25, 0.3) is 0 Å². The van der Waals surface area contributed by atoms with Crippen LogP contribution in [0.1, 0.15) is 48.0 Å². The highest BCUT2D eigenvalue weighted by Gasteiger charge is 2.35. The summed E-state index contributed by atoms with van der Waals surface area (Å²) in [4.78, 5) is 12.2. The second-order valence-corrected chi connectivity index (χ2v) is 5.17. The van der Waals surface area contributed by atoms with Gasteiger partial charge in [-0.2, -0.15) is 13.2 Å². The van der Waals surface area contributed by atoms with Crippen molar-refractivity contribution in [1.82, 2.24) is 5.32 Å². The fourth-order valence-electron chi connectivity index (χ4n) is 2.58. The zero-order valence-electron chi connectivity index (χ0n) is 11.2. The third-order valence-corrected chi connectivity index (χ3v) is 3.63. The van der Waals surface area contributed by atoms with E-state index < -0.39 is 17.5 Å². The van der Waals surface area contributed by atoms with Gasteiger partial charge in [0.05, 0.1) is 5.56 Å². The second kappa shape index (κ2) is 6.39. The van der Waals surface area contributed by atoms with Crippen molar-refractivity contribution in [3.05, 3.63) is 35.4 Å². The van der Waals surface area contributed by atoms with Crippen LogP contribution in [0.3, 0.4) is 0 Å². The Hall–Kier alpha value is -1.36. The molecule has 1 saturated heterocycles. The smallest absolute Gasteiger partial charge is 0.314 e. The monoisotopic (exact) mass is 285 g/mol. The summed E-state index contributed by atoms with van der Waals surface area (Å²) in [5.41, 5.74) is -1.05. The number of rotatable bonds is 3. The summed E-state index contributed by atoms with van der Waals surface area (Å²) >= 11 is 0. The Morgan fingerprint density at radius 1 is 1.20 bits per heavy atom. The largest absolute Gasteiger partial charge is 0.417 e. The number of hydrogen-bond acceptors (Lipinski definition) is 2. The van der Waals surface area contributed by atoms with Gasteiger partial charge in [0.25, 0.3) is 0 Å². The lowest BCUT2D eigenvalue weighted by Crippen LogP contribution is -2.31. The predicted octanol–water partition coefficient (Wildman–Crippen LogP) is 3.81. The quantitative estimate of drug-likeness (QED) is 0.856. The molecule has 1 N–H and O–H groups in total. The Morgan fingerprint density at radius 3 is 2.70 bits per heavy atom. The fraction of sp³-hybridized carbons (Fsp3) is 0.533. The number of Topliss-reactive ketones (excluding diaryl/α,β-unsaturated/α-hetero) is 1. The van der Waals surface area contributed by atoms with Crippen molar-refractivity contribution in [3.8, 4) is 0 Å². The van der Waals surface area contributed by atoms with E-state index in [9.17, 15) is 18.0 Å². The molecule has 1 fully saturated rings. The first-order valence-corrected chi connectivity index (χ1v) is 6.91. The molecule has 1 unspecified atom stereocenters. The van der Waals surface area contributed by atoms with Gasteiger partial charge in [-0.25, -0.2) is 0 Å². The van der Waals surface area contributed by atoms with Gasteiger partial charge < -0.3 is 5.32 Å². The summed E-state index contributed by atoms with van der Waals surface area (Å²) in [5, 5.41) is 3.24. The number of halogens is 3. The molecule has 1 atom stereocenters. The third-order valence-electron chi connectivity index (χ3n) is 3.63. The molecular formula is C15H18F3NO. The molecule has 1 aliphatic heterocycles. The molecule has 5 heteroatoms. The highest BCUT2D eigenvalue weighted by molar-refractivity contribution is 5.98. The number of carbonyl (C=O) groups excluding carboxylic acids is 1. The van der Waals surface area contributed by atoms with Crippen LogP contribution in [0, 0.1) is 0 Å². The summed E-state index contributed by atoms with van der Waals surface area (Å²) in [6.07, 6.45) is -0.317. The number of hydrogen-bond donors (Lipinski definition) is 1. The summed E-state index contributed by atoms with van der Waals surface area (Å²) in [6.45, 7) is 0.832. The summed E-state index contributed by atoms with van der Waals surface area (Å²) in [5.74, 6) is -0.433. The van der Waals surface area contributed by atoms with Crippen molar-refractivity contribution in [2.24, 2.45) is 0 Å². The zero-order chi connectivity index (χ0) is 14.6. The summed E-state index contributed by atoms with van der Waals surface area (Å²) in [7, 11) is 0. The molecule has 0 bridgehead atoms. The number of ketones is 1. The van der Waals surface area contributed by atoms with Gasteiger partial charge in [-0.15, -0.1) is 0 Å². The van der Waals surface area contributed by atoms with Crippen LogP contribution in [-0.4, -0.2) is 18.4 Å². The first-order valence-electron chi connectivity index (χ1n) is 6.91. The second-order valence-electron chi connectivity index (χ2n) is 5.17. The van der Waals surface area contributed by atoms with E-state index >= 15 is 0 Å². The fourth-order valence-corrected chi connectivity index (χ4v) is 2.58. The first kappa shape index (κ1) is 15.0. The maximum absolute atomic E-state index is 12.9. The van der Waals surface area contributed by atoms with Crippen LogP contribution in [0.15, 0.2) is 24.3 Å². The van der Waals surface area contributed by atoms with E-state index in [1.165, 1.54) is 18.2 Å². The van der Waals surface area contributed by atoms with Gasteiger partial charge in [0.1, 0.15) is 0 Å². The van der Waals surface area contributed by atoms with E-state index in [2.05, 4.69) is 5.32 Å². The van der Waals surface area contributed by atoms with E-state index in [4.69, 9.17) is 0 Å². The highest BCUT2D eigenvalue weighted by atomic mass is 19.4. The van der Waals surface area contributed by atoms with Crippen LogP contribution >= 0.6 is 0 Å². The minimum atomic E-state index is -4.48. The van der Waals surface area contributed by atoms with E-state index in [-0.39, 0.29) is 18.0 Å². The van der Waals surface area contributed by atoms with Crippen LogP contribution < -0.4 is 5.32 Å². The average molecular weight is 285 g/mol. The molecule has 0 saturated carbocycles. The molecule has 1 aromatic rings. The van der Waals surface area contributed by atoms with Crippen molar-refractivity contribution < 1.29 is 18.0 Å². The predicted molar refractivity (Wildman–Crippen MR) is 70.7 cm³/mol. The molecule has 1 aromatic carbocycles. The molecule has 0 amide bonds. The Morgan fingerprint density at radius 2 is 1.95 bits per heavy atom. The normalized spacial score (nSPS) is 20.4. The minimum absolute atomic E-state index is 0.00807. The summed E-state index contributed by atoms with van der Waals surface area (Å²) in [6, 6.07) is 5.01. The average Bonchev–Trinajstić information content (AvgIpc) is 2.66. The van der Waals surface area contributed by atoms with Gasteiger partial charge in [-0.05, 0) is 25.5 Å². The van der Waals surface area contributed by atoms with Crippen molar-refractivity contribution in [2.45, 2.75) is 44.3 Å². The molecule has 110 valence electrons. The highest BCUT2D eigenvalue weighted by Crippen LogP contribution is 2.32. The Balaban J connectivity index is 2.13. The molecule has 1 aliphatic rings. The molecule has 0 aliphatic carbocycles. The van der Waals surface area contributed by atoms with Crippen LogP contribution in [0.4, 0.5) is 13.2 Å². The van der Waals surface area contributed by atoms with E-state index in [0.717, 1.165) is 38.3 Å². The lowest BCUT2D eigenvalue weighted by Gasteiger charge is -2.17. The molecule has 1 heterocycles. The van der Waals surface area contributed by atoms with Crippen LogP contribution in [0.5, 0.6) is 0 Å². The van der Waals surface area contributed by atoms with Crippen molar-refractivity contribution in [1.29, 1.82) is 0 Å². The maximum atomic E-state index is 12.9. The van der Waals surface area contributed by atoms with Gasteiger partial charge in [-0.1, -0.05) is 31.0 Å². The van der Waals surface area contributed by atoms with Gasteiger partial charge in [-0.3, -0.25) is 4.79 Å². The van der Waals surface area contributed by atoms with E-state index in [1.807, 2.05) is 0 Å². The Bertz CT molecular complexity index is 462. The first-order chi connectivity index (χ1) is 9.48. The van der Waals surface area contributed by atoms with Gasteiger partial charge in [0.2, 0.25) is 0 Å². The standard InChI is InChI=1S/C15H18F3NO/c16-15(17,18)13-8-4-3-7-12(13)14(20)10-11-6-2-1-5-9-19-11/h3-4,7-8,11,19H,1-2,5-6,9-10H2.